The summed E-state index contributed by atoms with van der Waals surface area (Å²) < 4.78 is 5.58. The molecule has 134 valence electrons. The van der Waals surface area contributed by atoms with Gasteiger partial charge in [0.25, 0.3) is 0 Å². The van der Waals surface area contributed by atoms with Gasteiger partial charge in [0.2, 0.25) is 5.91 Å². The van der Waals surface area contributed by atoms with Crippen LogP contribution >= 0.6 is 0 Å². The first-order valence-electron chi connectivity index (χ1n) is 8.37. The number of amides is 1. The van der Waals surface area contributed by atoms with Crippen molar-refractivity contribution < 1.29 is 24.2 Å². The lowest BCUT2D eigenvalue weighted by molar-refractivity contribution is -0.154. The van der Waals surface area contributed by atoms with Crippen molar-refractivity contribution in [3.05, 3.63) is 48.0 Å². The van der Waals surface area contributed by atoms with E-state index in [-0.39, 0.29) is 30.8 Å². The highest BCUT2D eigenvalue weighted by atomic mass is 16.5. The van der Waals surface area contributed by atoms with Gasteiger partial charge < -0.3 is 15.2 Å². The van der Waals surface area contributed by atoms with Crippen LogP contribution in [0, 0.1) is 11.8 Å². The number of benzene rings is 1. The molecule has 0 fully saturated rings. The molecule has 1 aromatic carbocycles. The Balaban J connectivity index is 2.21. The van der Waals surface area contributed by atoms with Crippen LogP contribution in [0.2, 0.25) is 0 Å². The number of carboxylic acids is 1. The Bertz CT molecular complexity index is 640. The first kappa shape index (κ1) is 18.7. The Hall–Kier alpha value is -2.63. The maximum atomic E-state index is 12.3. The Kier molecular flexibility index (Phi) is 6.74. The van der Waals surface area contributed by atoms with Gasteiger partial charge in [-0.3, -0.25) is 14.4 Å². The SMILES string of the molecule is C[C@@H]1CC=CC[C@@H](CC(=O)O)C(=O)NC[C@@H](c2ccccc2)OC1=O. The third-order valence-electron chi connectivity index (χ3n) is 4.16. The molecule has 0 spiro atoms. The highest BCUT2D eigenvalue weighted by Crippen LogP contribution is 2.21. The van der Waals surface area contributed by atoms with Gasteiger partial charge in [-0.15, -0.1) is 0 Å². The summed E-state index contributed by atoms with van der Waals surface area (Å²) in [7, 11) is 0. The molecular formula is C19H23NO5. The third kappa shape index (κ3) is 5.74. The number of aliphatic carboxylic acids is 1. The predicted molar refractivity (Wildman–Crippen MR) is 91.6 cm³/mol. The van der Waals surface area contributed by atoms with Gasteiger partial charge in [-0.1, -0.05) is 49.4 Å². The number of allylic oxidation sites excluding steroid dienone is 2. The minimum absolute atomic E-state index is 0.112. The van der Waals surface area contributed by atoms with Gasteiger partial charge in [0.05, 0.1) is 24.8 Å². The number of hydrogen-bond acceptors (Lipinski definition) is 4. The number of carbonyl (C=O) groups excluding carboxylic acids is 2. The van der Waals surface area contributed by atoms with Crippen LogP contribution in [0.4, 0.5) is 0 Å². The van der Waals surface area contributed by atoms with Crippen molar-refractivity contribution in [2.75, 3.05) is 6.54 Å². The van der Waals surface area contributed by atoms with Crippen molar-refractivity contribution in [3.8, 4) is 0 Å². The van der Waals surface area contributed by atoms with E-state index in [9.17, 15) is 14.4 Å². The average Bonchev–Trinajstić information content (AvgIpc) is 2.60. The Labute approximate surface area is 146 Å². The Morgan fingerprint density at radius 1 is 1.20 bits per heavy atom. The standard InChI is InChI=1S/C19H23NO5/c1-13-7-5-6-10-15(11-17(21)22)18(23)20-12-16(25-19(13)24)14-8-3-2-4-9-14/h2-6,8-9,13,15-16H,7,10-12H2,1H3,(H,20,23)(H,21,22)/t13-,15+,16+/m1/s1. The monoisotopic (exact) mass is 345 g/mol. The lowest BCUT2D eigenvalue weighted by Crippen LogP contribution is -2.36. The average molecular weight is 345 g/mol. The second kappa shape index (κ2) is 9.01. The van der Waals surface area contributed by atoms with Crippen molar-refractivity contribution >= 4 is 17.8 Å². The number of carbonyl (C=O) groups is 3. The number of cyclic esters (lactones) is 1. The second-order valence-electron chi connectivity index (χ2n) is 6.22. The first-order valence-corrected chi connectivity index (χ1v) is 8.37. The van der Waals surface area contributed by atoms with Crippen molar-refractivity contribution in [1.29, 1.82) is 0 Å². The lowest BCUT2D eigenvalue weighted by atomic mass is 9.98. The smallest absolute Gasteiger partial charge is 0.309 e. The van der Waals surface area contributed by atoms with Crippen molar-refractivity contribution in [2.24, 2.45) is 11.8 Å². The van der Waals surface area contributed by atoms with Crippen LogP contribution in [0.25, 0.3) is 0 Å². The van der Waals surface area contributed by atoms with Crippen molar-refractivity contribution in [1.82, 2.24) is 5.32 Å². The minimum atomic E-state index is -1.01. The second-order valence-corrected chi connectivity index (χ2v) is 6.22. The van der Waals surface area contributed by atoms with E-state index in [0.29, 0.717) is 12.8 Å². The van der Waals surface area contributed by atoms with Crippen LogP contribution in [0.3, 0.4) is 0 Å². The molecule has 0 aliphatic carbocycles. The molecule has 0 saturated carbocycles. The first-order chi connectivity index (χ1) is 12.0. The highest BCUT2D eigenvalue weighted by Gasteiger charge is 2.25. The highest BCUT2D eigenvalue weighted by molar-refractivity contribution is 5.83. The summed E-state index contributed by atoms with van der Waals surface area (Å²) in [5.74, 6) is -2.64. The van der Waals surface area contributed by atoms with E-state index >= 15 is 0 Å². The Morgan fingerprint density at radius 3 is 2.56 bits per heavy atom. The predicted octanol–water partition coefficient (Wildman–Crippen LogP) is 2.46. The van der Waals surface area contributed by atoms with Crippen LogP contribution in [0.15, 0.2) is 42.5 Å². The molecular weight excluding hydrogens is 322 g/mol. The van der Waals surface area contributed by atoms with Gasteiger partial charge in [0.15, 0.2) is 0 Å². The minimum Gasteiger partial charge on any atom is -0.481 e. The zero-order chi connectivity index (χ0) is 18.2. The molecule has 2 N–H and O–H groups in total. The summed E-state index contributed by atoms with van der Waals surface area (Å²) in [5.41, 5.74) is 0.783. The molecule has 2 rings (SSSR count). The van der Waals surface area contributed by atoms with E-state index < -0.39 is 18.0 Å². The van der Waals surface area contributed by atoms with E-state index in [0.717, 1.165) is 5.56 Å². The molecule has 0 aromatic heterocycles. The van der Waals surface area contributed by atoms with E-state index in [1.54, 1.807) is 19.1 Å². The molecule has 6 heteroatoms. The van der Waals surface area contributed by atoms with Gasteiger partial charge in [0.1, 0.15) is 6.10 Å². The maximum Gasteiger partial charge on any atom is 0.309 e. The molecule has 25 heavy (non-hydrogen) atoms. The fourth-order valence-electron chi connectivity index (χ4n) is 2.64. The van der Waals surface area contributed by atoms with Crippen molar-refractivity contribution in [3.63, 3.8) is 0 Å². The van der Waals surface area contributed by atoms with Crippen LogP contribution in [-0.2, 0) is 19.1 Å². The number of nitrogens with one attached hydrogen (secondary N) is 1. The van der Waals surface area contributed by atoms with Gasteiger partial charge >= 0.3 is 11.9 Å². The van der Waals surface area contributed by atoms with Gasteiger partial charge in [-0.25, -0.2) is 0 Å². The van der Waals surface area contributed by atoms with E-state index in [1.165, 1.54) is 0 Å². The van der Waals surface area contributed by atoms with Crippen LogP contribution in [0.1, 0.15) is 37.9 Å². The molecule has 1 heterocycles. The van der Waals surface area contributed by atoms with E-state index in [1.807, 2.05) is 30.3 Å². The summed E-state index contributed by atoms with van der Waals surface area (Å²) in [6.45, 7) is 1.90. The van der Waals surface area contributed by atoms with Crippen LogP contribution in [0.5, 0.6) is 0 Å². The third-order valence-corrected chi connectivity index (χ3v) is 4.16. The van der Waals surface area contributed by atoms with Gasteiger partial charge in [-0.2, -0.15) is 0 Å². The molecule has 6 nitrogen and oxygen atoms in total. The van der Waals surface area contributed by atoms with Crippen LogP contribution in [-0.4, -0.2) is 29.5 Å². The summed E-state index contributed by atoms with van der Waals surface area (Å²) in [5, 5.41) is 11.7. The number of ether oxygens (including phenoxy) is 1. The van der Waals surface area contributed by atoms with E-state index in [4.69, 9.17) is 9.84 Å². The summed E-state index contributed by atoms with van der Waals surface area (Å²) in [6.07, 6.45) is 3.54. The molecule has 0 saturated heterocycles. The number of carboxylic acid groups (broad SMARTS) is 1. The lowest BCUT2D eigenvalue weighted by Gasteiger charge is -2.23. The van der Waals surface area contributed by atoms with Gasteiger partial charge in [-0.05, 0) is 18.4 Å². The van der Waals surface area contributed by atoms with Gasteiger partial charge in [0, 0.05) is 0 Å². The van der Waals surface area contributed by atoms with E-state index in [2.05, 4.69) is 5.32 Å². The fourth-order valence-corrected chi connectivity index (χ4v) is 2.64. The molecule has 0 unspecified atom stereocenters. The topological polar surface area (TPSA) is 92.7 Å². The molecule has 1 aromatic rings. The molecule has 0 radical (unpaired) electrons. The maximum absolute atomic E-state index is 12.3. The Morgan fingerprint density at radius 2 is 1.88 bits per heavy atom. The molecule has 1 amide bonds. The molecule has 1 aliphatic heterocycles. The quantitative estimate of drug-likeness (QED) is 0.648. The normalized spacial score (nSPS) is 25.2. The van der Waals surface area contributed by atoms with Crippen LogP contribution < -0.4 is 5.32 Å². The summed E-state index contributed by atoms with van der Waals surface area (Å²) in [4.78, 5) is 35.6. The molecule has 1 aliphatic rings. The van der Waals surface area contributed by atoms with Crippen molar-refractivity contribution in [2.45, 2.75) is 32.3 Å². The fraction of sp³-hybridized carbons (Fsp3) is 0.421. The zero-order valence-electron chi connectivity index (χ0n) is 14.2. The molecule has 3 atom stereocenters. The number of hydrogen-bond donors (Lipinski definition) is 2. The summed E-state index contributed by atoms with van der Waals surface area (Å²) in [6, 6.07) is 9.18. The number of rotatable bonds is 3. The largest absolute Gasteiger partial charge is 0.481 e. The molecule has 0 bridgehead atoms. The zero-order valence-corrected chi connectivity index (χ0v) is 14.2. The summed E-state index contributed by atoms with van der Waals surface area (Å²) >= 11 is 0. The number of esters is 1.